The lowest BCUT2D eigenvalue weighted by Crippen LogP contribution is -2.19. The van der Waals surface area contributed by atoms with Gasteiger partial charge in [0.15, 0.2) is 11.3 Å². The molecule has 0 aliphatic rings. The van der Waals surface area contributed by atoms with Gasteiger partial charge in [0.25, 0.3) is 5.56 Å². The summed E-state index contributed by atoms with van der Waals surface area (Å²) in [6, 6.07) is 15.8. The molecule has 5 rings (SSSR count). The smallest absolute Gasteiger partial charge is 0.265 e. The van der Waals surface area contributed by atoms with E-state index in [0.29, 0.717) is 34.3 Å². The Kier molecular flexibility index (Phi) is 4.89. The summed E-state index contributed by atoms with van der Waals surface area (Å²) in [5, 5.41) is 5.06. The van der Waals surface area contributed by atoms with Gasteiger partial charge in [-0.2, -0.15) is 9.78 Å². The van der Waals surface area contributed by atoms with E-state index in [0.717, 1.165) is 11.1 Å². The Bertz CT molecular complexity index is 1600. The standard InChI is InChI=1S/C26H24N6O/c1-5-14-31-16-27-23-21(25(31)33)22-24(30-20-9-7-6-8-19(20)29-22)32(23)28-15-17-10-12-18(13-11-17)26(2,3)4/h5-13,15-16H,1,14H2,2-4H3. The molecule has 7 nitrogen and oxygen atoms in total. The van der Waals surface area contributed by atoms with Gasteiger partial charge >= 0.3 is 0 Å². The van der Waals surface area contributed by atoms with Crippen LogP contribution in [-0.2, 0) is 12.0 Å². The second-order valence-electron chi connectivity index (χ2n) is 9.00. The number of hydrogen-bond acceptors (Lipinski definition) is 5. The van der Waals surface area contributed by atoms with E-state index in [2.05, 4.69) is 49.6 Å². The molecule has 3 heterocycles. The second kappa shape index (κ2) is 7.78. The van der Waals surface area contributed by atoms with Gasteiger partial charge in [-0.1, -0.05) is 63.2 Å². The zero-order valence-electron chi connectivity index (χ0n) is 18.9. The summed E-state index contributed by atoms with van der Waals surface area (Å²) < 4.78 is 3.10. The molecule has 0 unspecified atom stereocenters. The maximum Gasteiger partial charge on any atom is 0.265 e. The zero-order chi connectivity index (χ0) is 23.2. The first-order valence-corrected chi connectivity index (χ1v) is 10.8. The van der Waals surface area contributed by atoms with Crippen molar-refractivity contribution < 1.29 is 0 Å². The number of allylic oxidation sites excluding steroid dienone is 1. The van der Waals surface area contributed by atoms with Gasteiger partial charge in [0.1, 0.15) is 17.2 Å². The first kappa shape index (κ1) is 20.8. The molecule has 7 heteroatoms. The number of aromatic nitrogens is 5. The number of benzene rings is 2. The highest BCUT2D eigenvalue weighted by Crippen LogP contribution is 2.25. The van der Waals surface area contributed by atoms with E-state index in [9.17, 15) is 4.79 Å². The van der Waals surface area contributed by atoms with E-state index in [1.54, 1.807) is 17.0 Å². The van der Waals surface area contributed by atoms with E-state index in [-0.39, 0.29) is 11.0 Å². The number of hydrogen-bond donors (Lipinski definition) is 0. The summed E-state index contributed by atoms with van der Waals surface area (Å²) in [5.41, 5.74) is 4.91. The molecule has 164 valence electrons. The molecule has 3 aromatic heterocycles. The third-order valence-corrected chi connectivity index (χ3v) is 5.63. The zero-order valence-corrected chi connectivity index (χ0v) is 18.9. The topological polar surface area (TPSA) is 78.0 Å². The van der Waals surface area contributed by atoms with Crippen LogP contribution in [0.5, 0.6) is 0 Å². The van der Waals surface area contributed by atoms with Crippen molar-refractivity contribution in [2.75, 3.05) is 0 Å². The summed E-state index contributed by atoms with van der Waals surface area (Å²) in [6.45, 7) is 10.6. The van der Waals surface area contributed by atoms with Crippen molar-refractivity contribution >= 4 is 39.4 Å². The van der Waals surface area contributed by atoms with Crippen molar-refractivity contribution in [2.45, 2.75) is 32.7 Å². The third kappa shape index (κ3) is 3.61. The number of para-hydroxylation sites is 2. The Hall–Kier alpha value is -4.13. The Labute approximate surface area is 190 Å². The minimum Gasteiger partial charge on any atom is -0.295 e. The van der Waals surface area contributed by atoms with Crippen molar-refractivity contribution in [3.05, 3.63) is 89.0 Å². The fourth-order valence-electron chi connectivity index (χ4n) is 3.83. The first-order chi connectivity index (χ1) is 15.9. The van der Waals surface area contributed by atoms with Crippen LogP contribution in [0, 0.1) is 0 Å². The summed E-state index contributed by atoms with van der Waals surface area (Å²) in [4.78, 5) is 27.3. The predicted molar refractivity (Wildman–Crippen MR) is 133 cm³/mol. The fourth-order valence-corrected chi connectivity index (χ4v) is 3.83. The van der Waals surface area contributed by atoms with E-state index in [1.165, 1.54) is 16.5 Å². The van der Waals surface area contributed by atoms with Crippen LogP contribution in [0.2, 0.25) is 0 Å². The van der Waals surface area contributed by atoms with Gasteiger partial charge in [-0.15, -0.1) is 6.58 Å². The molecule has 2 aromatic carbocycles. The Morgan fingerprint density at radius 2 is 1.70 bits per heavy atom. The van der Waals surface area contributed by atoms with Crippen LogP contribution in [0.25, 0.3) is 33.2 Å². The highest BCUT2D eigenvalue weighted by molar-refractivity contribution is 6.04. The lowest BCUT2D eigenvalue weighted by Gasteiger charge is -2.18. The number of rotatable bonds is 4. The molecule has 0 saturated carbocycles. The molecule has 0 spiro atoms. The predicted octanol–water partition coefficient (Wildman–Crippen LogP) is 4.66. The molecule has 0 amide bonds. The lowest BCUT2D eigenvalue weighted by molar-refractivity contribution is 0.590. The maximum absolute atomic E-state index is 13.2. The molecule has 5 aromatic rings. The Morgan fingerprint density at radius 3 is 2.36 bits per heavy atom. The SMILES string of the molecule is C=CCn1cnc2c(c1=O)c1nc3ccccc3nc1n2N=Cc1ccc(C(C)(C)C)cc1. The van der Waals surface area contributed by atoms with Gasteiger partial charge in [-0.25, -0.2) is 15.0 Å². The van der Waals surface area contributed by atoms with Gasteiger partial charge in [0.2, 0.25) is 0 Å². The van der Waals surface area contributed by atoms with E-state index in [1.807, 2.05) is 36.4 Å². The largest absolute Gasteiger partial charge is 0.295 e. The molecule has 0 saturated heterocycles. The molecule has 0 aliphatic carbocycles. The van der Waals surface area contributed by atoms with E-state index < -0.39 is 0 Å². The molecule has 0 atom stereocenters. The van der Waals surface area contributed by atoms with Crippen LogP contribution in [0.1, 0.15) is 31.9 Å². The van der Waals surface area contributed by atoms with Crippen LogP contribution in [0.3, 0.4) is 0 Å². The van der Waals surface area contributed by atoms with Crippen LogP contribution in [0.15, 0.2) is 77.4 Å². The minimum absolute atomic E-state index is 0.0778. The monoisotopic (exact) mass is 436 g/mol. The second-order valence-corrected chi connectivity index (χ2v) is 9.00. The molecule has 0 bridgehead atoms. The first-order valence-electron chi connectivity index (χ1n) is 10.8. The summed E-state index contributed by atoms with van der Waals surface area (Å²) in [7, 11) is 0. The van der Waals surface area contributed by atoms with E-state index in [4.69, 9.17) is 9.97 Å². The van der Waals surface area contributed by atoms with Crippen LogP contribution >= 0.6 is 0 Å². The summed E-state index contributed by atoms with van der Waals surface area (Å²) in [6.07, 6.45) is 4.92. The van der Waals surface area contributed by atoms with Crippen LogP contribution < -0.4 is 5.56 Å². The van der Waals surface area contributed by atoms with Crippen LogP contribution in [-0.4, -0.2) is 30.4 Å². The number of fused-ring (bicyclic) bond motifs is 4. The molecule has 0 fully saturated rings. The van der Waals surface area contributed by atoms with Crippen molar-refractivity contribution in [2.24, 2.45) is 5.10 Å². The van der Waals surface area contributed by atoms with Gasteiger partial charge < -0.3 is 0 Å². The molecule has 0 radical (unpaired) electrons. The van der Waals surface area contributed by atoms with Crippen molar-refractivity contribution in [1.82, 2.24) is 24.2 Å². The van der Waals surface area contributed by atoms with Crippen molar-refractivity contribution in [3.8, 4) is 0 Å². The van der Waals surface area contributed by atoms with Crippen molar-refractivity contribution in [3.63, 3.8) is 0 Å². The third-order valence-electron chi connectivity index (χ3n) is 5.63. The van der Waals surface area contributed by atoms with Crippen molar-refractivity contribution in [1.29, 1.82) is 0 Å². The Balaban J connectivity index is 1.73. The maximum atomic E-state index is 13.2. The summed E-state index contributed by atoms with van der Waals surface area (Å²) >= 11 is 0. The van der Waals surface area contributed by atoms with Gasteiger partial charge in [-0.3, -0.25) is 9.36 Å². The average Bonchev–Trinajstić information content (AvgIpc) is 3.11. The van der Waals surface area contributed by atoms with Gasteiger partial charge in [0, 0.05) is 6.54 Å². The molecule has 33 heavy (non-hydrogen) atoms. The quantitative estimate of drug-likeness (QED) is 0.303. The average molecular weight is 437 g/mol. The fraction of sp³-hybridized carbons (Fsp3) is 0.192. The van der Waals surface area contributed by atoms with Gasteiger partial charge in [0.05, 0.1) is 17.2 Å². The van der Waals surface area contributed by atoms with Crippen LogP contribution in [0.4, 0.5) is 0 Å². The normalized spacial score (nSPS) is 12.3. The molecular weight excluding hydrogens is 412 g/mol. The molecule has 0 aliphatic heterocycles. The molecular formula is C26H24N6O. The lowest BCUT2D eigenvalue weighted by atomic mass is 9.87. The highest BCUT2D eigenvalue weighted by atomic mass is 16.1. The molecule has 0 N–H and O–H groups in total. The highest BCUT2D eigenvalue weighted by Gasteiger charge is 2.19. The minimum atomic E-state index is -0.196. The Morgan fingerprint density at radius 1 is 1.00 bits per heavy atom. The van der Waals surface area contributed by atoms with E-state index >= 15 is 0 Å². The van der Waals surface area contributed by atoms with Gasteiger partial charge in [-0.05, 0) is 28.7 Å². The summed E-state index contributed by atoms with van der Waals surface area (Å²) in [5.74, 6) is 0. The number of nitrogens with zero attached hydrogens (tertiary/aromatic N) is 6.